The summed E-state index contributed by atoms with van der Waals surface area (Å²) in [4.78, 5) is 40.6. The minimum atomic E-state index is -0.776. The predicted octanol–water partition coefficient (Wildman–Crippen LogP) is 3.56. The van der Waals surface area contributed by atoms with Crippen LogP contribution in [-0.2, 0) is 46.7 Å². The van der Waals surface area contributed by atoms with Crippen molar-refractivity contribution >= 4 is 45.5 Å². The predicted molar refractivity (Wildman–Crippen MR) is 136 cm³/mol. The van der Waals surface area contributed by atoms with Gasteiger partial charge in [0.25, 0.3) is 0 Å². The second-order valence-corrected chi connectivity index (χ2v) is 10.8. The van der Waals surface area contributed by atoms with Gasteiger partial charge in [0.2, 0.25) is 0 Å². The number of thiophene rings is 2. The lowest BCUT2D eigenvalue weighted by Gasteiger charge is -2.15. The van der Waals surface area contributed by atoms with Gasteiger partial charge in [-0.15, -0.1) is 22.7 Å². The zero-order chi connectivity index (χ0) is 24.4. The Kier molecular flexibility index (Phi) is 7.03. The van der Waals surface area contributed by atoms with Crippen LogP contribution >= 0.6 is 22.7 Å². The molecule has 0 atom stereocenters. The number of amides is 2. The van der Waals surface area contributed by atoms with Gasteiger partial charge < -0.3 is 25.3 Å². The molecule has 0 spiro atoms. The van der Waals surface area contributed by atoms with E-state index in [1.54, 1.807) is 18.3 Å². The summed E-state index contributed by atoms with van der Waals surface area (Å²) in [6, 6.07) is 3.93. The van der Waals surface area contributed by atoms with Crippen LogP contribution in [0.15, 0.2) is 24.5 Å². The highest BCUT2D eigenvalue weighted by molar-refractivity contribution is 7.17. The average Bonchev–Trinajstić information content (AvgIpc) is 3.59. The SMILES string of the molecule is CCOC(=O)c1c(NC(=O)C(=O)NCc2c(-n3cccc3)sc3c2CCNC3)sc2c1CCCC2. The number of ether oxygens (including phenoxy) is 1. The Morgan fingerprint density at radius 1 is 1.03 bits per heavy atom. The Balaban J connectivity index is 1.33. The van der Waals surface area contributed by atoms with Crippen molar-refractivity contribution < 1.29 is 19.1 Å². The molecule has 8 nitrogen and oxygen atoms in total. The van der Waals surface area contributed by atoms with Crippen molar-refractivity contribution in [3.05, 3.63) is 56.5 Å². The molecule has 35 heavy (non-hydrogen) atoms. The Bertz CT molecular complexity index is 1260. The number of carbonyl (C=O) groups is 3. The van der Waals surface area contributed by atoms with Gasteiger partial charge in [0.05, 0.1) is 12.2 Å². The minimum Gasteiger partial charge on any atom is -0.462 e. The van der Waals surface area contributed by atoms with Crippen LogP contribution in [0.2, 0.25) is 0 Å². The van der Waals surface area contributed by atoms with E-state index in [0.29, 0.717) is 10.6 Å². The maximum atomic E-state index is 12.8. The first-order valence-electron chi connectivity index (χ1n) is 11.9. The lowest BCUT2D eigenvalue weighted by atomic mass is 9.95. The highest BCUT2D eigenvalue weighted by Crippen LogP contribution is 2.39. The molecular weight excluding hydrogens is 484 g/mol. The second-order valence-electron chi connectivity index (χ2n) is 8.58. The van der Waals surface area contributed by atoms with Crippen LogP contribution in [0.25, 0.3) is 5.00 Å². The van der Waals surface area contributed by atoms with Gasteiger partial charge in [-0.3, -0.25) is 9.59 Å². The molecule has 2 amide bonds. The number of carbonyl (C=O) groups excluding carboxylic acids is 3. The molecule has 10 heteroatoms. The van der Waals surface area contributed by atoms with E-state index in [0.717, 1.165) is 66.2 Å². The Labute approximate surface area is 211 Å². The lowest BCUT2D eigenvalue weighted by molar-refractivity contribution is -0.136. The molecular formula is C25H28N4O4S2. The number of hydrogen-bond donors (Lipinski definition) is 3. The number of esters is 1. The van der Waals surface area contributed by atoms with Gasteiger partial charge in [-0.1, -0.05) is 0 Å². The Morgan fingerprint density at radius 2 is 1.83 bits per heavy atom. The smallest absolute Gasteiger partial charge is 0.341 e. The highest BCUT2D eigenvalue weighted by atomic mass is 32.1. The average molecular weight is 513 g/mol. The van der Waals surface area contributed by atoms with Crippen molar-refractivity contribution in [2.24, 2.45) is 0 Å². The van der Waals surface area contributed by atoms with E-state index < -0.39 is 17.8 Å². The zero-order valence-electron chi connectivity index (χ0n) is 19.6. The third-order valence-electron chi connectivity index (χ3n) is 6.37. The van der Waals surface area contributed by atoms with Gasteiger partial charge in [0, 0.05) is 40.8 Å². The zero-order valence-corrected chi connectivity index (χ0v) is 21.2. The molecule has 4 heterocycles. The number of anilines is 1. The molecule has 184 valence electrons. The molecule has 0 unspecified atom stereocenters. The first kappa shape index (κ1) is 23.8. The first-order chi connectivity index (χ1) is 17.1. The Morgan fingerprint density at radius 3 is 2.63 bits per heavy atom. The molecule has 1 aliphatic carbocycles. The first-order valence-corrected chi connectivity index (χ1v) is 13.6. The van der Waals surface area contributed by atoms with Gasteiger partial charge in [0.1, 0.15) is 10.0 Å². The molecule has 0 bridgehead atoms. The van der Waals surface area contributed by atoms with Crippen molar-refractivity contribution in [3.63, 3.8) is 0 Å². The van der Waals surface area contributed by atoms with E-state index in [1.165, 1.54) is 21.8 Å². The molecule has 0 saturated carbocycles. The largest absolute Gasteiger partial charge is 0.462 e. The van der Waals surface area contributed by atoms with Crippen LogP contribution in [-0.4, -0.2) is 35.5 Å². The molecule has 0 saturated heterocycles. The van der Waals surface area contributed by atoms with Crippen molar-refractivity contribution in [3.8, 4) is 5.00 Å². The van der Waals surface area contributed by atoms with Gasteiger partial charge >= 0.3 is 17.8 Å². The number of aryl methyl sites for hydroxylation is 1. The normalized spacial score (nSPS) is 14.7. The van der Waals surface area contributed by atoms with Crippen LogP contribution in [0.5, 0.6) is 0 Å². The van der Waals surface area contributed by atoms with E-state index in [-0.39, 0.29) is 13.2 Å². The van der Waals surface area contributed by atoms with Gasteiger partial charge in [-0.25, -0.2) is 4.79 Å². The van der Waals surface area contributed by atoms with Crippen molar-refractivity contribution in [1.82, 2.24) is 15.2 Å². The monoisotopic (exact) mass is 512 g/mol. The van der Waals surface area contributed by atoms with E-state index >= 15 is 0 Å². The number of nitrogens with zero attached hydrogens (tertiary/aromatic N) is 1. The highest BCUT2D eigenvalue weighted by Gasteiger charge is 2.29. The van der Waals surface area contributed by atoms with Crippen LogP contribution in [0.4, 0.5) is 5.00 Å². The fourth-order valence-electron chi connectivity index (χ4n) is 4.73. The molecule has 0 fully saturated rings. The quantitative estimate of drug-likeness (QED) is 0.346. The maximum absolute atomic E-state index is 12.8. The molecule has 3 aromatic heterocycles. The summed E-state index contributed by atoms with van der Waals surface area (Å²) in [7, 11) is 0. The van der Waals surface area contributed by atoms with Crippen LogP contribution in [0, 0.1) is 0 Å². The van der Waals surface area contributed by atoms with Crippen molar-refractivity contribution in [2.75, 3.05) is 18.5 Å². The molecule has 3 aromatic rings. The van der Waals surface area contributed by atoms with Gasteiger partial charge in [-0.2, -0.15) is 0 Å². The number of rotatable bonds is 6. The topological polar surface area (TPSA) is 101 Å². The van der Waals surface area contributed by atoms with Crippen LogP contribution in [0.3, 0.4) is 0 Å². The Hall–Kier alpha value is -2.95. The maximum Gasteiger partial charge on any atom is 0.341 e. The van der Waals surface area contributed by atoms with E-state index in [4.69, 9.17) is 4.74 Å². The third-order valence-corrected chi connectivity index (χ3v) is 8.86. The fourth-order valence-corrected chi connectivity index (χ4v) is 7.30. The molecule has 0 radical (unpaired) electrons. The van der Waals surface area contributed by atoms with Crippen LogP contribution in [0.1, 0.15) is 56.6 Å². The molecule has 5 rings (SSSR count). The summed E-state index contributed by atoms with van der Waals surface area (Å²) in [6.45, 7) is 3.96. The number of hydrogen-bond acceptors (Lipinski definition) is 7. The third kappa shape index (κ3) is 4.78. The number of fused-ring (bicyclic) bond motifs is 2. The summed E-state index contributed by atoms with van der Waals surface area (Å²) in [5, 5.41) is 10.4. The van der Waals surface area contributed by atoms with E-state index in [1.807, 2.05) is 29.1 Å². The van der Waals surface area contributed by atoms with E-state index in [2.05, 4.69) is 16.0 Å². The molecule has 1 aliphatic heterocycles. The summed E-state index contributed by atoms with van der Waals surface area (Å²) in [5.41, 5.74) is 3.64. The standard InChI is InChI=1S/C25H28N4O4S2/c1-2-33-25(32)20-16-7-3-4-8-18(16)34-23(20)28-22(31)21(30)27-13-17-15-9-10-26-14-19(15)35-24(17)29-11-5-6-12-29/h5-6,11-12,26H,2-4,7-10,13-14H2,1H3,(H,27,30)(H,28,31). The lowest BCUT2D eigenvalue weighted by Crippen LogP contribution is -2.35. The minimum absolute atomic E-state index is 0.252. The van der Waals surface area contributed by atoms with Crippen molar-refractivity contribution in [1.29, 1.82) is 0 Å². The summed E-state index contributed by atoms with van der Waals surface area (Å²) >= 11 is 3.08. The number of aromatic nitrogens is 1. The molecule has 0 aromatic carbocycles. The van der Waals surface area contributed by atoms with E-state index in [9.17, 15) is 14.4 Å². The second kappa shape index (κ2) is 10.3. The van der Waals surface area contributed by atoms with Gasteiger partial charge in [0.15, 0.2) is 0 Å². The van der Waals surface area contributed by atoms with Gasteiger partial charge in [-0.05, 0) is 68.8 Å². The molecule has 3 N–H and O–H groups in total. The fraction of sp³-hybridized carbons (Fsp3) is 0.400. The van der Waals surface area contributed by atoms with Crippen LogP contribution < -0.4 is 16.0 Å². The summed E-state index contributed by atoms with van der Waals surface area (Å²) in [6.07, 6.45) is 8.55. The molecule has 2 aliphatic rings. The summed E-state index contributed by atoms with van der Waals surface area (Å²) < 4.78 is 7.29. The van der Waals surface area contributed by atoms with Crippen molar-refractivity contribution in [2.45, 2.75) is 52.1 Å². The number of nitrogens with one attached hydrogen (secondary N) is 3. The summed E-state index contributed by atoms with van der Waals surface area (Å²) in [5.74, 6) is -1.95.